The van der Waals surface area contributed by atoms with E-state index >= 15 is 0 Å². The third kappa shape index (κ3) is 6.87. The lowest BCUT2D eigenvalue weighted by atomic mass is 10.0. The maximum atomic E-state index is 13.3. The van der Waals surface area contributed by atoms with Crippen molar-refractivity contribution in [2.75, 3.05) is 12.5 Å². The Morgan fingerprint density at radius 3 is 2.81 bits per heavy atom. The van der Waals surface area contributed by atoms with Crippen LogP contribution < -0.4 is 4.74 Å². The van der Waals surface area contributed by atoms with Crippen molar-refractivity contribution in [1.29, 1.82) is 0 Å². The van der Waals surface area contributed by atoms with Gasteiger partial charge in [-0.05, 0) is 30.5 Å². The van der Waals surface area contributed by atoms with Crippen LogP contribution in [0.25, 0.3) is 0 Å². The van der Waals surface area contributed by atoms with Gasteiger partial charge in [0.2, 0.25) is 0 Å². The van der Waals surface area contributed by atoms with Crippen LogP contribution in [-0.4, -0.2) is 12.5 Å². The second-order valence-electron chi connectivity index (χ2n) is 5.11. The quantitative estimate of drug-likeness (QED) is 0.461. The molecule has 0 spiro atoms. The van der Waals surface area contributed by atoms with Crippen molar-refractivity contribution in [3.05, 3.63) is 29.6 Å². The Kier molecular flexibility index (Phi) is 8.94. The van der Waals surface area contributed by atoms with Gasteiger partial charge in [0, 0.05) is 12.3 Å². The Hall–Kier alpha value is -1.20. The summed E-state index contributed by atoms with van der Waals surface area (Å²) in [6, 6.07) is 4.49. The van der Waals surface area contributed by atoms with Crippen molar-refractivity contribution in [2.24, 2.45) is 5.92 Å². The summed E-state index contributed by atoms with van der Waals surface area (Å²) in [5.74, 6) is 7.25. The van der Waals surface area contributed by atoms with Gasteiger partial charge in [-0.15, -0.1) is 11.6 Å². The smallest absolute Gasteiger partial charge is 0.135 e. The summed E-state index contributed by atoms with van der Waals surface area (Å²) in [6.45, 7) is 5.03. The summed E-state index contributed by atoms with van der Waals surface area (Å²) in [7, 11) is 0. The largest absolute Gasteiger partial charge is 0.492 e. The van der Waals surface area contributed by atoms with Crippen molar-refractivity contribution in [3.63, 3.8) is 0 Å². The van der Waals surface area contributed by atoms with Gasteiger partial charge in [-0.3, -0.25) is 0 Å². The van der Waals surface area contributed by atoms with Gasteiger partial charge in [-0.1, -0.05) is 45.0 Å². The molecule has 1 unspecified atom stereocenters. The minimum absolute atomic E-state index is 0.296. The molecule has 1 rings (SSSR count). The van der Waals surface area contributed by atoms with Gasteiger partial charge in [-0.2, -0.15) is 0 Å². The average molecular weight is 311 g/mol. The second-order valence-corrected chi connectivity index (χ2v) is 5.49. The van der Waals surface area contributed by atoms with Gasteiger partial charge in [0.05, 0.1) is 12.2 Å². The topological polar surface area (TPSA) is 9.23 Å². The van der Waals surface area contributed by atoms with Gasteiger partial charge in [0.1, 0.15) is 11.6 Å². The molecule has 116 valence electrons. The number of benzene rings is 1. The fourth-order valence-electron chi connectivity index (χ4n) is 2.04. The van der Waals surface area contributed by atoms with Crippen LogP contribution in [0, 0.1) is 23.6 Å². The molecule has 0 radical (unpaired) electrons. The molecule has 3 heteroatoms. The first-order valence-electron chi connectivity index (χ1n) is 7.68. The molecular weight excluding hydrogens is 287 g/mol. The molecule has 21 heavy (non-hydrogen) atoms. The monoisotopic (exact) mass is 310 g/mol. The molecule has 1 atom stereocenters. The number of ether oxygens (including phenoxy) is 1. The van der Waals surface area contributed by atoms with Gasteiger partial charge >= 0.3 is 0 Å². The summed E-state index contributed by atoms with van der Waals surface area (Å²) >= 11 is 5.60. The standard InChI is InChI=1S/C18H24ClFO/c1-3-5-8-15(4-2)14-21-18-11-10-17(20)13-16(18)9-6-7-12-19/h10-11,13,15H,3-5,7-8,12,14H2,1-2H3. The molecule has 0 saturated carbocycles. The van der Waals surface area contributed by atoms with Gasteiger partial charge < -0.3 is 4.74 Å². The highest BCUT2D eigenvalue weighted by molar-refractivity contribution is 6.18. The molecule has 1 aromatic carbocycles. The summed E-state index contributed by atoms with van der Waals surface area (Å²) in [6.07, 6.45) is 5.26. The summed E-state index contributed by atoms with van der Waals surface area (Å²) in [5, 5.41) is 0. The molecule has 0 heterocycles. The van der Waals surface area contributed by atoms with E-state index in [-0.39, 0.29) is 5.82 Å². The molecule has 0 saturated heterocycles. The highest BCUT2D eigenvalue weighted by Gasteiger charge is 2.09. The molecule has 1 nitrogen and oxygen atoms in total. The molecular formula is C18H24ClFO. The molecule has 0 fully saturated rings. The molecule has 0 amide bonds. The van der Waals surface area contributed by atoms with E-state index in [4.69, 9.17) is 16.3 Å². The molecule has 0 aromatic heterocycles. The zero-order valence-electron chi connectivity index (χ0n) is 12.9. The zero-order chi connectivity index (χ0) is 15.5. The van der Waals surface area contributed by atoms with E-state index in [9.17, 15) is 4.39 Å². The van der Waals surface area contributed by atoms with E-state index in [0.29, 0.717) is 36.1 Å². The van der Waals surface area contributed by atoms with E-state index in [1.807, 2.05) is 0 Å². The van der Waals surface area contributed by atoms with Crippen LogP contribution in [0.15, 0.2) is 18.2 Å². The predicted octanol–water partition coefficient (Wildman–Crippen LogP) is 5.40. The maximum Gasteiger partial charge on any atom is 0.135 e. The van der Waals surface area contributed by atoms with Gasteiger partial charge in [-0.25, -0.2) is 4.39 Å². The van der Waals surface area contributed by atoms with Crippen LogP contribution in [0.1, 0.15) is 51.5 Å². The SMILES string of the molecule is CCCCC(CC)COc1ccc(F)cc1C#CCCCl. The third-order valence-electron chi connectivity index (χ3n) is 3.40. The first-order chi connectivity index (χ1) is 10.2. The maximum absolute atomic E-state index is 13.3. The van der Waals surface area contributed by atoms with Crippen LogP contribution in [0.4, 0.5) is 4.39 Å². The normalized spacial score (nSPS) is 11.6. The Morgan fingerprint density at radius 1 is 1.33 bits per heavy atom. The summed E-state index contributed by atoms with van der Waals surface area (Å²) < 4.78 is 19.2. The van der Waals surface area contributed by atoms with Crippen molar-refractivity contribution in [2.45, 2.75) is 46.0 Å². The summed E-state index contributed by atoms with van der Waals surface area (Å²) in [5.41, 5.74) is 0.602. The van der Waals surface area contributed by atoms with Crippen molar-refractivity contribution in [1.82, 2.24) is 0 Å². The Labute approximate surface area is 132 Å². The molecule has 0 aliphatic heterocycles. The van der Waals surface area contributed by atoms with Crippen LogP contribution >= 0.6 is 11.6 Å². The third-order valence-corrected chi connectivity index (χ3v) is 3.59. The van der Waals surface area contributed by atoms with Gasteiger partial charge in [0.25, 0.3) is 0 Å². The van der Waals surface area contributed by atoms with E-state index in [1.165, 1.54) is 31.4 Å². The molecule has 0 N–H and O–H groups in total. The number of rotatable bonds is 8. The number of halogens is 2. The summed E-state index contributed by atoms with van der Waals surface area (Å²) in [4.78, 5) is 0. The number of hydrogen-bond acceptors (Lipinski definition) is 1. The molecule has 0 aliphatic rings. The van der Waals surface area contributed by atoms with Crippen LogP contribution in [0.3, 0.4) is 0 Å². The minimum atomic E-state index is -0.296. The first-order valence-corrected chi connectivity index (χ1v) is 8.21. The molecule has 0 bridgehead atoms. The first kappa shape index (κ1) is 17.9. The number of hydrogen-bond donors (Lipinski definition) is 0. The van der Waals surface area contributed by atoms with Crippen LogP contribution in [-0.2, 0) is 0 Å². The second kappa shape index (κ2) is 10.5. The lowest BCUT2D eigenvalue weighted by molar-refractivity contribution is 0.232. The lowest BCUT2D eigenvalue weighted by Crippen LogP contribution is -2.12. The lowest BCUT2D eigenvalue weighted by Gasteiger charge is -2.16. The number of unbranched alkanes of at least 4 members (excludes halogenated alkanes) is 1. The van der Waals surface area contributed by atoms with E-state index in [0.717, 1.165) is 6.42 Å². The van der Waals surface area contributed by atoms with Crippen molar-refractivity contribution < 1.29 is 9.13 Å². The van der Waals surface area contributed by atoms with Crippen LogP contribution in [0.2, 0.25) is 0 Å². The Morgan fingerprint density at radius 2 is 2.14 bits per heavy atom. The highest BCUT2D eigenvalue weighted by atomic mass is 35.5. The predicted molar refractivity (Wildman–Crippen MR) is 87.4 cm³/mol. The van der Waals surface area contributed by atoms with Crippen molar-refractivity contribution in [3.8, 4) is 17.6 Å². The Balaban J connectivity index is 2.71. The van der Waals surface area contributed by atoms with Gasteiger partial charge in [0.15, 0.2) is 0 Å². The highest BCUT2D eigenvalue weighted by Crippen LogP contribution is 2.21. The van der Waals surface area contributed by atoms with E-state index in [1.54, 1.807) is 6.07 Å². The Bertz CT molecular complexity index is 476. The number of alkyl halides is 1. The van der Waals surface area contributed by atoms with E-state index < -0.39 is 0 Å². The zero-order valence-corrected chi connectivity index (χ0v) is 13.7. The molecule has 0 aliphatic carbocycles. The van der Waals surface area contributed by atoms with Crippen LogP contribution in [0.5, 0.6) is 5.75 Å². The fraction of sp³-hybridized carbons (Fsp3) is 0.556. The van der Waals surface area contributed by atoms with Crippen molar-refractivity contribution >= 4 is 11.6 Å². The minimum Gasteiger partial charge on any atom is -0.492 e. The average Bonchev–Trinajstić information content (AvgIpc) is 2.49. The molecule has 1 aromatic rings. The fourth-order valence-corrected chi connectivity index (χ4v) is 2.13. The van der Waals surface area contributed by atoms with E-state index in [2.05, 4.69) is 25.7 Å².